The topological polar surface area (TPSA) is 78.3 Å². The number of aromatic hydroxyl groups is 1. The molecule has 0 unspecified atom stereocenters. The van der Waals surface area contributed by atoms with Gasteiger partial charge in [0.05, 0.1) is 11.3 Å². The summed E-state index contributed by atoms with van der Waals surface area (Å²) in [5.41, 5.74) is -3.41. The lowest BCUT2D eigenvalue weighted by molar-refractivity contribution is -0.288. The summed E-state index contributed by atoms with van der Waals surface area (Å²) in [4.78, 5) is 0. The number of anilines is 1. The van der Waals surface area contributed by atoms with Crippen molar-refractivity contribution in [1.29, 1.82) is 0 Å². The standard InChI is InChI=1S/C17H15F6N3O2/c1-8-4-9(16(18,19)20)5-12(27)14(8)11-2-3-13(26-25-11)24-10-6-15(28,7-10)17(21,22)23/h2-5,10,27-28H,6-7H2,1H3,(H,24,26)/t10-,15+. The number of phenolic OH excluding ortho intramolecular Hbond substituents is 1. The summed E-state index contributed by atoms with van der Waals surface area (Å²) in [5, 5.41) is 29.7. The minimum atomic E-state index is -4.71. The average molecular weight is 407 g/mol. The van der Waals surface area contributed by atoms with E-state index in [-0.39, 0.29) is 22.6 Å². The van der Waals surface area contributed by atoms with Crippen LogP contribution in [0.2, 0.25) is 0 Å². The highest BCUT2D eigenvalue weighted by Crippen LogP contribution is 2.46. The number of aliphatic hydroxyl groups is 1. The molecule has 11 heteroatoms. The average Bonchev–Trinajstić information content (AvgIpc) is 2.52. The van der Waals surface area contributed by atoms with E-state index in [0.29, 0.717) is 6.07 Å². The summed E-state index contributed by atoms with van der Waals surface area (Å²) in [7, 11) is 0. The molecule has 28 heavy (non-hydrogen) atoms. The molecule has 1 aromatic carbocycles. The van der Waals surface area contributed by atoms with Crippen LogP contribution in [0.3, 0.4) is 0 Å². The van der Waals surface area contributed by atoms with Gasteiger partial charge in [-0.2, -0.15) is 26.3 Å². The normalized spacial score (nSPS) is 22.6. The van der Waals surface area contributed by atoms with Crippen molar-refractivity contribution in [2.45, 2.75) is 43.8 Å². The van der Waals surface area contributed by atoms with E-state index in [1.54, 1.807) is 0 Å². The van der Waals surface area contributed by atoms with Gasteiger partial charge >= 0.3 is 12.4 Å². The Morgan fingerprint density at radius 2 is 1.71 bits per heavy atom. The second-order valence-corrected chi connectivity index (χ2v) is 6.77. The van der Waals surface area contributed by atoms with Crippen LogP contribution in [0.25, 0.3) is 11.3 Å². The summed E-state index contributed by atoms with van der Waals surface area (Å²) in [5.74, 6) is -0.474. The molecule has 0 bridgehead atoms. The highest BCUT2D eigenvalue weighted by atomic mass is 19.4. The van der Waals surface area contributed by atoms with Gasteiger partial charge in [0.15, 0.2) is 5.60 Å². The molecule has 0 amide bonds. The van der Waals surface area contributed by atoms with Gasteiger partial charge < -0.3 is 15.5 Å². The third-order valence-corrected chi connectivity index (χ3v) is 4.61. The van der Waals surface area contributed by atoms with E-state index in [4.69, 9.17) is 0 Å². The van der Waals surface area contributed by atoms with Gasteiger partial charge in [-0.15, -0.1) is 10.2 Å². The zero-order chi connectivity index (χ0) is 20.9. The molecule has 1 saturated carbocycles. The van der Waals surface area contributed by atoms with Crippen LogP contribution in [0, 0.1) is 6.92 Å². The smallest absolute Gasteiger partial charge is 0.417 e. The lowest BCUT2D eigenvalue weighted by Crippen LogP contribution is -2.59. The van der Waals surface area contributed by atoms with Crippen LogP contribution in [0.4, 0.5) is 32.2 Å². The fraction of sp³-hybridized carbons (Fsp3) is 0.412. The Labute approximate surface area is 155 Å². The van der Waals surface area contributed by atoms with E-state index in [0.717, 1.165) is 6.07 Å². The van der Waals surface area contributed by atoms with Crippen molar-refractivity contribution in [2.24, 2.45) is 0 Å². The number of aromatic nitrogens is 2. The van der Waals surface area contributed by atoms with Crippen molar-refractivity contribution >= 4 is 5.82 Å². The predicted molar refractivity (Wildman–Crippen MR) is 86.5 cm³/mol. The van der Waals surface area contributed by atoms with E-state index in [1.165, 1.54) is 19.1 Å². The van der Waals surface area contributed by atoms with Gasteiger partial charge in [0, 0.05) is 24.4 Å². The first-order valence-corrected chi connectivity index (χ1v) is 8.11. The minimum Gasteiger partial charge on any atom is -0.507 e. The molecule has 152 valence electrons. The van der Waals surface area contributed by atoms with Crippen LogP contribution in [0.15, 0.2) is 24.3 Å². The monoisotopic (exact) mass is 407 g/mol. The summed E-state index contributed by atoms with van der Waals surface area (Å²) in [6.07, 6.45) is -10.4. The fourth-order valence-electron chi connectivity index (χ4n) is 3.11. The second kappa shape index (κ2) is 6.50. The number of alkyl halides is 6. The number of phenols is 1. The van der Waals surface area contributed by atoms with Crippen molar-refractivity contribution in [3.63, 3.8) is 0 Å². The van der Waals surface area contributed by atoms with Crippen LogP contribution < -0.4 is 5.32 Å². The van der Waals surface area contributed by atoms with Gasteiger partial charge in [-0.25, -0.2) is 0 Å². The molecule has 0 radical (unpaired) electrons. The summed E-state index contributed by atoms with van der Waals surface area (Å²) in [6, 6.07) is 3.56. The molecule has 1 fully saturated rings. The molecule has 1 aliphatic carbocycles. The lowest BCUT2D eigenvalue weighted by Gasteiger charge is -2.44. The van der Waals surface area contributed by atoms with Crippen LogP contribution in [-0.4, -0.2) is 38.2 Å². The van der Waals surface area contributed by atoms with E-state index in [9.17, 15) is 36.6 Å². The maximum Gasteiger partial charge on any atom is 0.417 e. The Kier molecular flexibility index (Phi) is 4.69. The molecule has 3 N–H and O–H groups in total. The minimum absolute atomic E-state index is 0.0714. The number of rotatable bonds is 3. The van der Waals surface area contributed by atoms with E-state index in [2.05, 4.69) is 15.5 Å². The highest BCUT2D eigenvalue weighted by Gasteiger charge is 2.61. The van der Waals surface area contributed by atoms with Gasteiger partial charge in [0.1, 0.15) is 11.6 Å². The third kappa shape index (κ3) is 3.71. The number of halogens is 6. The van der Waals surface area contributed by atoms with Gasteiger partial charge in [0.25, 0.3) is 0 Å². The maximum absolute atomic E-state index is 12.8. The number of nitrogens with zero attached hydrogens (tertiary/aromatic N) is 2. The highest BCUT2D eigenvalue weighted by molar-refractivity contribution is 5.71. The van der Waals surface area contributed by atoms with Gasteiger partial charge in [-0.05, 0) is 36.8 Å². The second-order valence-electron chi connectivity index (χ2n) is 6.77. The first-order chi connectivity index (χ1) is 12.8. The first-order valence-electron chi connectivity index (χ1n) is 8.11. The quantitative estimate of drug-likeness (QED) is 0.670. The van der Waals surface area contributed by atoms with E-state index < -0.39 is 48.2 Å². The molecule has 0 aliphatic heterocycles. The zero-order valence-corrected chi connectivity index (χ0v) is 14.4. The molecular formula is C17H15F6N3O2. The van der Waals surface area contributed by atoms with Crippen LogP contribution in [-0.2, 0) is 6.18 Å². The van der Waals surface area contributed by atoms with E-state index in [1.807, 2.05) is 0 Å². The molecule has 0 atom stereocenters. The SMILES string of the molecule is Cc1cc(C(F)(F)F)cc(O)c1-c1ccc(N[C@H]2C[C@](O)(C(F)(F)F)C2)nn1. The Morgan fingerprint density at radius 3 is 2.18 bits per heavy atom. The Morgan fingerprint density at radius 1 is 1.07 bits per heavy atom. The number of hydrogen-bond acceptors (Lipinski definition) is 5. The number of hydrogen-bond donors (Lipinski definition) is 3. The van der Waals surface area contributed by atoms with Gasteiger partial charge in [0.2, 0.25) is 0 Å². The Bertz CT molecular complexity index is 851. The first kappa shape index (κ1) is 20.2. The predicted octanol–water partition coefficient (Wildman–Crippen LogP) is 4.04. The molecule has 5 nitrogen and oxygen atoms in total. The molecule has 1 aromatic heterocycles. The Balaban J connectivity index is 1.74. The summed E-state index contributed by atoms with van der Waals surface area (Å²) < 4.78 is 76.2. The molecule has 0 saturated heterocycles. The molecule has 3 rings (SSSR count). The summed E-state index contributed by atoms with van der Waals surface area (Å²) in [6.45, 7) is 1.38. The summed E-state index contributed by atoms with van der Waals surface area (Å²) >= 11 is 0. The number of aryl methyl sites for hydroxylation is 1. The third-order valence-electron chi connectivity index (χ3n) is 4.61. The van der Waals surface area contributed by atoms with Crippen molar-refractivity contribution in [2.75, 3.05) is 5.32 Å². The molecule has 2 aromatic rings. The van der Waals surface area contributed by atoms with Gasteiger partial charge in [-0.3, -0.25) is 0 Å². The van der Waals surface area contributed by atoms with Crippen molar-refractivity contribution < 1.29 is 36.6 Å². The molecule has 0 spiro atoms. The largest absolute Gasteiger partial charge is 0.507 e. The molecular weight excluding hydrogens is 392 g/mol. The van der Waals surface area contributed by atoms with Crippen molar-refractivity contribution in [1.82, 2.24) is 10.2 Å². The molecule has 1 aliphatic rings. The maximum atomic E-state index is 12.8. The van der Waals surface area contributed by atoms with E-state index >= 15 is 0 Å². The number of nitrogens with one attached hydrogen (secondary N) is 1. The fourth-order valence-corrected chi connectivity index (χ4v) is 3.11. The van der Waals surface area contributed by atoms with Crippen LogP contribution in [0.5, 0.6) is 5.75 Å². The zero-order valence-electron chi connectivity index (χ0n) is 14.4. The van der Waals surface area contributed by atoms with Crippen LogP contribution in [0.1, 0.15) is 24.0 Å². The Hall–Kier alpha value is -2.56. The van der Waals surface area contributed by atoms with Gasteiger partial charge in [-0.1, -0.05) is 0 Å². The van der Waals surface area contributed by atoms with Crippen molar-refractivity contribution in [3.8, 4) is 17.0 Å². The van der Waals surface area contributed by atoms with Crippen LogP contribution >= 0.6 is 0 Å². The van der Waals surface area contributed by atoms with Crippen molar-refractivity contribution in [3.05, 3.63) is 35.4 Å². The molecule has 1 heterocycles. The lowest BCUT2D eigenvalue weighted by atomic mass is 9.75. The number of benzene rings is 1.